The van der Waals surface area contributed by atoms with Crippen LogP contribution in [0.3, 0.4) is 0 Å². The third kappa shape index (κ3) is 2.76. The van der Waals surface area contributed by atoms with Crippen molar-refractivity contribution in [3.8, 4) is 0 Å². The summed E-state index contributed by atoms with van der Waals surface area (Å²) < 4.78 is 7.05. The van der Waals surface area contributed by atoms with Crippen molar-refractivity contribution < 1.29 is 4.52 Å². The lowest BCUT2D eigenvalue weighted by molar-refractivity contribution is 0.391. The number of hydrogen-bond donors (Lipinski definition) is 1. The molecule has 2 aromatic rings. The smallest absolute Gasteiger partial charge is 0.140 e. The van der Waals surface area contributed by atoms with Gasteiger partial charge < -0.3 is 9.84 Å². The summed E-state index contributed by atoms with van der Waals surface area (Å²) in [5, 5.41) is 11.5. The second-order valence-electron chi connectivity index (χ2n) is 4.31. The van der Waals surface area contributed by atoms with Gasteiger partial charge in [0, 0.05) is 18.7 Å². The normalized spacial score (nSPS) is 11.1. The Hall–Kier alpha value is -1.69. The van der Waals surface area contributed by atoms with E-state index in [2.05, 4.69) is 27.5 Å². The van der Waals surface area contributed by atoms with Crippen molar-refractivity contribution in [3.63, 3.8) is 0 Å². The first-order valence-electron chi connectivity index (χ1n) is 6.21. The summed E-state index contributed by atoms with van der Waals surface area (Å²) in [6, 6.07) is 0. The van der Waals surface area contributed by atoms with Gasteiger partial charge in [0.05, 0.1) is 12.2 Å². The van der Waals surface area contributed by atoms with Gasteiger partial charge in [-0.05, 0) is 20.3 Å². The standard InChI is InChI=1S/C12H19N5O/c1-4-5-17-12(14-8-15-17)7-13-6-11-9(2)16-18-10(11)3/h8,13H,4-7H2,1-3H3. The molecule has 0 aliphatic carbocycles. The Morgan fingerprint density at radius 1 is 1.33 bits per heavy atom. The molecule has 18 heavy (non-hydrogen) atoms. The number of rotatable bonds is 6. The van der Waals surface area contributed by atoms with Gasteiger partial charge >= 0.3 is 0 Å². The fraction of sp³-hybridized carbons (Fsp3) is 0.583. The highest BCUT2D eigenvalue weighted by molar-refractivity contribution is 5.20. The predicted molar refractivity (Wildman–Crippen MR) is 66.8 cm³/mol. The molecule has 0 spiro atoms. The Labute approximate surface area is 106 Å². The average molecular weight is 249 g/mol. The minimum absolute atomic E-state index is 0.698. The molecule has 0 amide bonds. The number of hydrogen-bond acceptors (Lipinski definition) is 5. The number of aryl methyl sites for hydroxylation is 3. The van der Waals surface area contributed by atoms with Crippen LogP contribution < -0.4 is 5.32 Å². The van der Waals surface area contributed by atoms with Gasteiger partial charge in [0.15, 0.2) is 0 Å². The highest BCUT2D eigenvalue weighted by Gasteiger charge is 2.09. The van der Waals surface area contributed by atoms with E-state index in [1.807, 2.05) is 18.5 Å². The van der Waals surface area contributed by atoms with Crippen LogP contribution in [0.15, 0.2) is 10.9 Å². The maximum atomic E-state index is 5.12. The van der Waals surface area contributed by atoms with Crippen LogP contribution in [0.1, 0.15) is 36.2 Å². The molecule has 0 bridgehead atoms. The van der Waals surface area contributed by atoms with E-state index in [-0.39, 0.29) is 0 Å². The Bertz CT molecular complexity index is 483. The highest BCUT2D eigenvalue weighted by atomic mass is 16.5. The van der Waals surface area contributed by atoms with Crippen LogP contribution in [0.25, 0.3) is 0 Å². The van der Waals surface area contributed by atoms with Crippen LogP contribution in [0.4, 0.5) is 0 Å². The molecule has 0 atom stereocenters. The lowest BCUT2D eigenvalue weighted by Crippen LogP contribution is -2.18. The van der Waals surface area contributed by atoms with E-state index in [0.717, 1.165) is 42.4 Å². The fourth-order valence-corrected chi connectivity index (χ4v) is 1.88. The Kier molecular flexibility index (Phi) is 4.09. The molecule has 2 rings (SSSR count). The van der Waals surface area contributed by atoms with Crippen LogP contribution >= 0.6 is 0 Å². The number of nitrogens with one attached hydrogen (secondary N) is 1. The summed E-state index contributed by atoms with van der Waals surface area (Å²) in [6.45, 7) is 8.35. The van der Waals surface area contributed by atoms with Crippen LogP contribution in [-0.2, 0) is 19.6 Å². The lowest BCUT2D eigenvalue weighted by atomic mass is 10.2. The molecule has 2 aromatic heterocycles. The average Bonchev–Trinajstić information content (AvgIpc) is 2.91. The molecule has 0 radical (unpaired) electrons. The molecule has 1 N–H and O–H groups in total. The molecule has 0 aliphatic heterocycles. The van der Waals surface area contributed by atoms with Gasteiger partial charge in [-0.2, -0.15) is 5.10 Å². The molecular formula is C12H19N5O. The number of aromatic nitrogens is 4. The summed E-state index contributed by atoms with van der Waals surface area (Å²) in [6.07, 6.45) is 2.66. The first kappa shape index (κ1) is 12.8. The van der Waals surface area contributed by atoms with Crippen LogP contribution in [0.2, 0.25) is 0 Å². The zero-order chi connectivity index (χ0) is 13.0. The SMILES string of the molecule is CCCn1ncnc1CNCc1c(C)noc1C. The summed E-state index contributed by atoms with van der Waals surface area (Å²) >= 11 is 0. The van der Waals surface area contributed by atoms with Crippen molar-refractivity contribution in [1.29, 1.82) is 0 Å². The van der Waals surface area contributed by atoms with Gasteiger partial charge in [-0.1, -0.05) is 12.1 Å². The van der Waals surface area contributed by atoms with Crippen LogP contribution in [0.5, 0.6) is 0 Å². The van der Waals surface area contributed by atoms with E-state index in [1.165, 1.54) is 0 Å². The van der Waals surface area contributed by atoms with E-state index in [1.54, 1.807) is 6.33 Å². The molecule has 2 heterocycles. The van der Waals surface area contributed by atoms with Crippen LogP contribution in [0, 0.1) is 13.8 Å². The third-order valence-corrected chi connectivity index (χ3v) is 2.90. The monoisotopic (exact) mass is 249 g/mol. The quantitative estimate of drug-likeness (QED) is 0.841. The topological polar surface area (TPSA) is 68.8 Å². The third-order valence-electron chi connectivity index (χ3n) is 2.90. The Morgan fingerprint density at radius 2 is 2.17 bits per heavy atom. The second-order valence-corrected chi connectivity index (χ2v) is 4.31. The minimum Gasteiger partial charge on any atom is -0.361 e. The Morgan fingerprint density at radius 3 is 2.83 bits per heavy atom. The van der Waals surface area contributed by atoms with E-state index in [4.69, 9.17) is 4.52 Å². The fourth-order valence-electron chi connectivity index (χ4n) is 1.88. The van der Waals surface area contributed by atoms with Crippen LogP contribution in [-0.4, -0.2) is 19.9 Å². The van der Waals surface area contributed by atoms with E-state index < -0.39 is 0 Å². The van der Waals surface area contributed by atoms with E-state index >= 15 is 0 Å². The zero-order valence-electron chi connectivity index (χ0n) is 11.1. The maximum Gasteiger partial charge on any atom is 0.140 e. The minimum atomic E-state index is 0.698. The molecule has 0 saturated heterocycles. The van der Waals surface area contributed by atoms with Crippen molar-refractivity contribution in [2.24, 2.45) is 0 Å². The van der Waals surface area contributed by atoms with Crippen molar-refractivity contribution >= 4 is 0 Å². The van der Waals surface area contributed by atoms with Gasteiger partial charge in [0.25, 0.3) is 0 Å². The number of nitrogens with zero attached hydrogens (tertiary/aromatic N) is 4. The van der Waals surface area contributed by atoms with Gasteiger partial charge in [-0.15, -0.1) is 0 Å². The summed E-state index contributed by atoms with van der Waals surface area (Å²) in [7, 11) is 0. The van der Waals surface area contributed by atoms with Crippen molar-refractivity contribution in [1.82, 2.24) is 25.2 Å². The molecule has 98 valence electrons. The molecule has 0 aliphatic rings. The predicted octanol–water partition coefficient (Wildman–Crippen LogP) is 1.58. The summed E-state index contributed by atoms with van der Waals surface area (Å²) in [5.41, 5.74) is 2.06. The molecule has 0 aromatic carbocycles. The molecular weight excluding hydrogens is 230 g/mol. The molecule has 0 saturated carbocycles. The summed E-state index contributed by atoms with van der Waals surface area (Å²) in [4.78, 5) is 4.25. The maximum absolute atomic E-state index is 5.12. The van der Waals surface area contributed by atoms with Crippen molar-refractivity contribution in [3.05, 3.63) is 29.2 Å². The van der Waals surface area contributed by atoms with Gasteiger partial charge in [-0.25, -0.2) is 9.67 Å². The largest absolute Gasteiger partial charge is 0.361 e. The first-order valence-corrected chi connectivity index (χ1v) is 6.21. The second kappa shape index (κ2) is 5.77. The van der Waals surface area contributed by atoms with E-state index in [9.17, 15) is 0 Å². The van der Waals surface area contributed by atoms with Gasteiger partial charge in [0.1, 0.15) is 17.9 Å². The first-order chi connectivity index (χ1) is 8.72. The van der Waals surface area contributed by atoms with Crippen molar-refractivity contribution in [2.75, 3.05) is 0 Å². The lowest BCUT2D eigenvalue weighted by Gasteiger charge is -2.06. The molecule has 0 unspecified atom stereocenters. The molecule has 6 heteroatoms. The molecule has 0 fully saturated rings. The van der Waals surface area contributed by atoms with Crippen molar-refractivity contribution in [2.45, 2.75) is 46.8 Å². The Balaban J connectivity index is 1.90. The van der Waals surface area contributed by atoms with Gasteiger partial charge in [-0.3, -0.25) is 0 Å². The highest BCUT2D eigenvalue weighted by Crippen LogP contribution is 2.11. The zero-order valence-corrected chi connectivity index (χ0v) is 11.1. The van der Waals surface area contributed by atoms with E-state index in [0.29, 0.717) is 6.54 Å². The van der Waals surface area contributed by atoms with Gasteiger partial charge in [0.2, 0.25) is 0 Å². The summed E-state index contributed by atoms with van der Waals surface area (Å²) in [5.74, 6) is 1.83. The molecule has 6 nitrogen and oxygen atoms in total.